The Balaban J connectivity index is 2.48. The van der Waals surface area contributed by atoms with Gasteiger partial charge in [0.1, 0.15) is 0 Å². The van der Waals surface area contributed by atoms with Crippen molar-refractivity contribution in [1.29, 1.82) is 5.26 Å². The third-order valence-electron chi connectivity index (χ3n) is 3.03. The van der Waals surface area contributed by atoms with Gasteiger partial charge >= 0.3 is 0 Å². The molecule has 16 heavy (non-hydrogen) atoms. The number of nitriles is 1. The molecule has 1 aliphatic heterocycles. The molecule has 82 valence electrons. The maximum Gasteiger partial charge on any atom is 0.251 e. The summed E-state index contributed by atoms with van der Waals surface area (Å²) in [6.07, 6.45) is 0.844. The van der Waals surface area contributed by atoms with E-state index in [1.807, 2.05) is 32.0 Å². The maximum absolute atomic E-state index is 11.5. The van der Waals surface area contributed by atoms with Crippen molar-refractivity contribution in [2.45, 2.75) is 25.7 Å². The predicted molar refractivity (Wildman–Crippen MR) is 61.1 cm³/mol. The molecule has 0 unspecified atom stereocenters. The minimum absolute atomic E-state index is 0.0115. The summed E-state index contributed by atoms with van der Waals surface area (Å²) in [4.78, 5) is 11.5. The van der Waals surface area contributed by atoms with Gasteiger partial charge < -0.3 is 5.32 Å². The molecule has 1 N–H and O–H groups in total. The molecule has 0 radical (unpaired) electrons. The second-order valence-corrected chi connectivity index (χ2v) is 4.61. The Kier molecular flexibility index (Phi) is 2.43. The lowest BCUT2D eigenvalue weighted by atomic mass is 9.83. The van der Waals surface area contributed by atoms with Crippen molar-refractivity contribution < 1.29 is 4.79 Å². The van der Waals surface area contributed by atoms with Crippen LogP contribution in [-0.4, -0.2) is 12.5 Å². The van der Waals surface area contributed by atoms with E-state index in [0.717, 1.165) is 23.1 Å². The number of nitrogens with zero attached hydrogens (tertiary/aromatic N) is 1. The van der Waals surface area contributed by atoms with Crippen LogP contribution in [0.2, 0.25) is 0 Å². The number of nitrogens with one attached hydrogen (secondary N) is 1. The van der Waals surface area contributed by atoms with Crippen LogP contribution in [0.15, 0.2) is 18.2 Å². The molecule has 0 atom stereocenters. The Morgan fingerprint density at radius 1 is 1.44 bits per heavy atom. The quantitative estimate of drug-likeness (QED) is 0.774. The van der Waals surface area contributed by atoms with Crippen LogP contribution in [0.5, 0.6) is 0 Å². The van der Waals surface area contributed by atoms with Crippen molar-refractivity contribution in [3.8, 4) is 6.07 Å². The molecule has 0 spiro atoms. The fourth-order valence-corrected chi connectivity index (χ4v) is 1.88. The van der Waals surface area contributed by atoms with Gasteiger partial charge in [-0.05, 0) is 37.5 Å². The Labute approximate surface area is 95.1 Å². The number of fused-ring (bicyclic) bond motifs is 1. The number of hydrogen-bond acceptors (Lipinski definition) is 2. The van der Waals surface area contributed by atoms with Crippen molar-refractivity contribution in [2.24, 2.45) is 0 Å². The number of benzene rings is 1. The molecule has 0 saturated heterocycles. The van der Waals surface area contributed by atoms with Crippen LogP contribution in [0.4, 0.5) is 0 Å². The molecule has 2 rings (SSSR count). The molecule has 3 heteroatoms. The van der Waals surface area contributed by atoms with Gasteiger partial charge in [0, 0.05) is 12.1 Å². The summed E-state index contributed by atoms with van der Waals surface area (Å²) in [5, 5.41) is 11.9. The summed E-state index contributed by atoms with van der Waals surface area (Å²) < 4.78 is 0. The van der Waals surface area contributed by atoms with Crippen LogP contribution < -0.4 is 5.32 Å². The molecule has 0 bridgehead atoms. The molecular formula is C13H14N2O. The van der Waals surface area contributed by atoms with Gasteiger partial charge in [0.15, 0.2) is 0 Å². The van der Waals surface area contributed by atoms with Gasteiger partial charge in [-0.2, -0.15) is 5.26 Å². The maximum atomic E-state index is 11.5. The number of rotatable bonds is 1. The number of amides is 1. The molecular weight excluding hydrogens is 200 g/mol. The SMILES string of the molecule is CC(C)(C#N)c1ccc2c(c1)CCNC2=O. The van der Waals surface area contributed by atoms with E-state index in [2.05, 4.69) is 11.4 Å². The zero-order valence-corrected chi connectivity index (χ0v) is 9.50. The van der Waals surface area contributed by atoms with Crippen molar-refractivity contribution in [3.05, 3.63) is 34.9 Å². The van der Waals surface area contributed by atoms with E-state index < -0.39 is 5.41 Å². The van der Waals surface area contributed by atoms with E-state index in [9.17, 15) is 4.79 Å². The van der Waals surface area contributed by atoms with Crippen molar-refractivity contribution in [1.82, 2.24) is 5.32 Å². The van der Waals surface area contributed by atoms with Crippen LogP contribution in [-0.2, 0) is 11.8 Å². The fourth-order valence-electron chi connectivity index (χ4n) is 1.88. The van der Waals surface area contributed by atoms with Crippen LogP contribution in [0.25, 0.3) is 0 Å². The monoisotopic (exact) mass is 214 g/mol. The molecule has 0 saturated carbocycles. The van der Waals surface area contributed by atoms with Crippen LogP contribution in [0.1, 0.15) is 35.3 Å². The highest BCUT2D eigenvalue weighted by Crippen LogP contribution is 2.25. The Bertz CT molecular complexity index is 483. The highest BCUT2D eigenvalue weighted by Gasteiger charge is 2.23. The third kappa shape index (κ3) is 1.67. The Morgan fingerprint density at radius 3 is 2.88 bits per heavy atom. The lowest BCUT2D eigenvalue weighted by molar-refractivity contribution is 0.0946. The standard InChI is InChI=1S/C13H14N2O/c1-13(2,8-14)10-3-4-11-9(7-10)5-6-15-12(11)16/h3-4,7H,5-6H2,1-2H3,(H,15,16). The van der Waals surface area contributed by atoms with Gasteiger partial charge in [0.2, 0.25) is 0 Å². The zero-order chi connectivity index (χ0) is 11.8. The Morgan fingerprint density at radius 2 is 2.19 bits per heavy atom. The number of hydrogen-bond donors (Lipinski definition) is 1. The van der Waals surface area contributed by atoms with Crippen LogP contribution in [0.3, 0.4) is 0 Å². The largest absolute Gasteiger partial charge is 0.352 e. The van der Waals surface area contributed by atoms with E-state index in [1.165, 1.54) is 0 Å². The molecule has 1 aromatic carbocycles. The molecule has 1 aliphatic rings. The summed E-state index contributed by atoms with van der Waals surface area (Å²) >= 11 is 0. The second kappa shape index (κ2) is 3.64. The first kappa shape index (κ1) is 10.7. The molecule has 3 nitrogen and oxygen atoms in total. The molecule has 1 amide bonds. The number of carbonyl (C=O) groups excluding carboxylic acids is 1. The van der Waals surface area contributed by atoms with Crippen molar-refractivity contribution in [3.63, 3.8) is 0 Å². The molecule has 1 heterocycles. The predicted octanol–water partition coefficient (Wildman–Crippen LogP) is 1.77. The van der Waals surface area contributed by atoms with Gasteiger partial charge in [0.25, 0.3) is 5.91 Å². The lowest BCUT2D eigenvalue weighted by Crippen LogP contribution is -2.32. The van der Waals surface area contributed by atoms with Gasteiger partial charge in [-0.1, -0.05) is 12.1 Å². The molecule has 1 aromatic rings. The van der Waals surface area contributed by atoms with E-state index in [4.69, 9.17) is 5.26 Å². The average molecular weight is 214 g/mol. The van der Waals surface area contributed by atoms with Gasteiger partial charge in [0.05, 0.1) is 11.5 Å². The summed E-state index contributed by atoms with van der Waals surface area (Å²) in [7, 11) is 0. The highest BCUT2D eigenvalue weighted by atomic mass is 16.1. The Hall–Kier alpha value is -1.82. The second-order valence-electron chi connectivity index (χ2n) is 4.61. The molecule has 0 aliphatic carbocycles. The first-order valence-electron chi connectivity index (χ1n) is 5.37. The average Bonchev–Trinajstić information content (AvgIpc) is 2.29. The van der Waals surface area contributed by atoms with Crippen LogP contribution in [0, 0.1) is 11.3 Å². The van der Waals surface area contributed by atoms with Gasteiger partial charge in [-0.15, -0.1) is 0 Å². The van der Waals surface area contributed by atoms with E-state index in [1.54, 1.807) is 0 Å². The van der Waals surface area contributed by atoms with Crippen molar-refractivity contribution in [2.75, 3.05) is 6.54 Å². The minimum Gasteiger partial charge on any atom is -0.352 e. The summed E-state index contributed by atoms with van der Waals surface area (Å²) in [5.74, 6) is -0.0115. The summed E-state index contributed by atoms with van der Waals surface area (Å²) in [5.41, 5.74) is 2.26. The number of carbonyl (C=O) groups is 1. The van der Waals surface area contributed by atoms with E-state index >= 15 is 0 Å². The zero-order valence-electron chi connectivity index (χ0n) is 9.50. The third-order valence-corrected chi connectivity index (χ3v) is 3.03. The van der Waals surface area contributed by atoms with Crippen molar-refractivity contribution >= 4 is 5.91 Å². The van der Waals surface area contributed by atoms with Gasteiger partial charge in [-0.25, -0.2) is 0 Å². The minimum atomic E-state index is -0.497. The topological polar surface area (TPSA) is 52.9 Å². The summed E-state index contributed by atoms with van der Waals surface area (Å²) in [6, 6.07) is 7.94. The smallest absolute Gasteiger partial charge is 0.251 e. The first-order valence-corrected chi connectivity index (χ1v) is 5.37. The van der Waals surface area contributed by atoms with E-state index in [-0.39, 0.29) is 5.91 Å². The van der Waals surface area contributed by atoms with Crippen LogP contribution >= 0.6 is 0 Å². The normalized spacial score (nSPS) is 14.9. The van der Waals surface area contributed by atoms with E-state index in [0.29, 0.717) is 6.54 Å². The van der Waals surface area contributed by atoms with Gasteiger partial charge in [-0.3, -0.25) is 4.79 Å². The highest BCUT2D eigenvalue weighted by molar-refractivity contribution is 5.96. The molecule has 0 fully saturated rings. The molecule has 0 aromatic heterocycles. The fraction of sp³-hybridized carbons (Fsp3) is 0.385. The first-order chi connectivity index (χ1) is 7.54. The summed E-state index contributed by atoms with van der Waals surface area (Å²) in [6.45, 7) is 4.46. The lowest BCUT2D eigenvalue weighted by Gasteiger charge is -2.21.